The largest absolute Gasteiger partial charge is 0.299 e. The minimum atomic E-state index is -0.554. The number of alkyl halides is 1. The van der Waals surface area contributed by atoms with E-state index in [2.05, 4.69) is 15.5 Å². The minimum Gasteiger partial charge on any atom is -0.299 e. The summed E-state index contributed by atoms with van der Waals surface area (Å²) in [6.07, 6.45) is 0. The molecule has 0 bridgehead atoms. The minimum absolute atomic E-state index is 0.254. The molecular weight excluding hydrogens is 242 g/mol. The third-order valence-corrected chi connectivity index (χ3v) is 3.32. The van der Waals surface area contributed by atoms with Crippen LogP contribution in [0.4, 0.5) is 5.13 Å². The molecule has 1 aromatic heterocycles. The molecule has 1 heterocycles. The Morgan fingerprint density at radius 1 is 1.71 bits per heavy atom. The van der Waals surface area contributed by atoms with Gasteiger partial charge in [-0.3, -0.25) is 10.1 Å². The van der Waals surface area contributed by atoms with Crippen LogP contribution in [0.3, 0.4) is 0 Å². The zero-order valence-electron chi connectivity index (χ0n) is 7.78. The van der Waals surface area contributed by atoms with Gasteiger partial charge in [0, 0.05) is 0 Å². The summed E-state index contributed by atoms with van der Waals surface area (Å²) in [6, 6.07) is 0. The van der Waals surface area contributed by atoms with E-state index in [1.54, 1.807) is 18.7 Å². The highest BCUT2D eigenvalue weighted by atomic mass is 35.5. The lowest BCUT2D eigenvalue weighted by Crippen LogP contribution is -2.20. The lowest BCUT2D eigenvalue weighted by Gasteiger charge is -2.00. The lowest BCUT2D eigenvalue weighted by molar-refractivity contribution is -0.115. The van der Waals surface area contributed by atoms with Crippen LogP contribution >= 0.6 is 34.7 Å². The first-order valence-electron chi connectivity index (χ1n) is 4.04. The Balaban J connectivity index is 2.55. The van der Waals surface area contributed by atoms with Crippen molar-refractivity contribution in [1.82, 2.24) is 10.2 Å². The first-order chi connectivity index (χ1) is 6.63. The van der Waals surface area contributed by atoms with Crippen LogP contribution in [0.1, 0.15) is 13.8 Å². The van der Waals surface area contributed by atoms with Gasteiger partial charge in [-0.1, -0.05) is 30.0 Å². The average Bonchev–Trinajstić information content (AvgIpc) is 2.53. The van der Waals surface area contributed by atoms with Gasteiger partial charge < -0.3 is 0 Å². The molecule has 1 amide bonds. The summed E-state index contributed by atoms with van der Waals surface area (Å²) >= 11 is 8.53. The maximum atomic E-state index is 11.2. The van der Waals surface area contributed by atoms with Gasteiger partial charge in [0.05, 0.1) is 0 Å². The van der Waals surface area contributed by atoms with E-state index in [0.29, 0.717) is 5.13 Å². The number of carbonyl (C=O) groups excluding carboxylic acids is 1. The summed E-state index contributed by atoms with van der Waals surface area (Å²) in [5, 5.41) is 10.2. The number of anilines is 1. The Hall–Kier alpha value is -0.330. The molecule has 0 saturated carbocycles. The summed E-state index contributed by atoms with van der Waals surface area (Å²) in [7, 11) is 0. The number of nitrogens with one attached hydrogen (secondary N) is 1. The van der Waals surface area contributed by atoms with Crippen LogP contribution in [0.5, 0.6) is 0 Å². The van der Waals surface area contributed by atoms with Crippen molar-refractivity contribution in [1.29, 1.82) is 0 Å². The van der Waals surface area contributed by atoms with Crippen molar-refractivity contribution in [2.45, 2.75) is 23.6 Å². The summed E-state index contributed by atoms with van der Waals surface area (Å²) in [5.74, 6) is 0.685. The molecule has 1 rings (SSSR count). The Morgan fingerprint density at radius 2 is 2.43 bits per heavy atom. The number of nitrogens with zero attached hydrogens (tertiary/aromatic N) is 2. The number of rotatable bonds is 4. The zero-order valence-corrected chi connectivity index (χ0v) is 10.2. The van der Waals surface area contributed by atoms with E-state index in [9.17, 15) is 4.79 Å². The fourth-order valence-electron chi connectivity index (χ4n) is 0.647. The number of halogens is 1. The number of hydrogen-bond donors (Lipinski definition) is 1. The first-order valence-corrected chi connectivity index (χ1v) is 6.28. The van der Waals surface area contributed by atoms with E-state index < -0.39 is 5.38 Å². The zero-order chi connectivity index (χ0) is 10.6. The second-order valence-electron chi connectivity index (χ2n) is 2.41. The van der Waals surface area contributed by atoms with Crippen molar-refractivity contribution in [2.75, 3.05) is 11.1 Å². The fraction of sp³-hybridized carbons (Fsp3) is 0.571. The molecule has 14 heavy (non-hydrogen) atoms. The molecule has 0 spiro atoms. The number of amides is 1. The van der Waals surface area contributed by atoms with Crippen LogP contribution in [0.15, 0.2) is 4.34 Å². The Bertz CT molecular complexity index is 316. The third kappa shape index (κ3) is 3.43. The highest BCUT2D eigenvalue weighted by Gasteiger charge is 2.12. The van der Waals surface area contributed by atoms with Gasteiger partial charge in [0.2, 0.25) is 11.0 Å². The van der Waals surface area contributed by atoms with Gasteiger partial charge in [0.1, 0.15) is 5.38 Å². The van der Waals surface area contributed by atoms with Crippen molar-refractivity contribution >= 4 is 45.7 Å². The van der Waals surface area contributed by atoms with Gasteiger partial charge in [-0.25, -0.2) is 0 Å². The molecule has 1 atom stereocenters. The lowest BCUT2D eigenvalue weighted by atomic mass is 10.4. The summed E-state index contributed by atoms with van der Waals surface area (Å²) in [5.41, 5.74) is 0. The highest BCUT2D eigenvalue weighted by Crippen LogP contribution is 2.25. The Morgan fingerprint density at radius 3 is 3.00 bits per heavy atom. The second kappa shape index (κ2) is 5.53. The van der Waals surface area contributed by atoms with Crippen molar-refractivity contribution in [3.05, 3.63) is 0 Å². The molecule has 78 valence electrons. The van der Waals surface area contributed by atoms with E-state index in [4.69, 9.17) is 11.6 Å². The molecule has 4 nitrogen and oxygen atoms in total. The van der Waals surface area contributed by atoms with Crippen molar-refractivity contribution in [2.24, 2.45) is 0 Å². The summed E-state index contributed by atoms with van der Waals surface area (Å²) < 4.78 is 0.852. The van der Waals surface area contributed by atoms with Crippen molar-refractivity contribution < 1.29 is 4.79 Å². The standard InChI is InChI=1S/C7H10ClN3OS2/c1-3-13-7-11-10-6(14-7)9-5(12)4(2)8/h4H,3H2,1-2H3,(H,9,10,12)/t4-/m0/s1. The van der Waals surface area contributed by atoms with Crippen LogP contribution in [0.25, 0.3) is 0 Å². The molecule has 1 N–H and O–H groups in total. The number of carbonyl (C=O) groups is 1. The molecule has 0 aliphatic carbocycles. The topological polar surface area (TPSA) is 54.9 Å². The molecule has 0 unspecified atom stereocenters. The fourth-order valence-corrected chi connectivity index (χ4v) is 2.35. The van der Waals surface area contributed by atoms with Gasteiger partial charge in [0.15, 0.2) is 4.34 Å². The first kappa shape index (κ1) is 11.7. The van der Waals surface area contributed by atoms with Crippen LogP contribution in [-0.4, -0.2) is 27.2 Å². The second-order valence-corrected chi connectivity index (χ2v) is 5.55. The monoisotopic (exact) mass is 251 g/mol. The number of thioether (sulfide) groups is 1. The maximum absolute atomic E-state index is 11.2. The van der Waals surface area contributed by atoms with Crippen molar-refractivity contribution in [3.8, 4) is 0 Å². The predicted molar refractivity (Wildman–Crippen MR) is 60.3 cm³/mol. The SMILES string of the molecule is CCSc1nnc(NC(=O)[C@H](C)Cl)s1. The predicted octanol–water partition coefficient (Wildman–Crippen LogP) is 2.22. The van der Waals surface area contributed by atoms with Gasteiger partial charge in [-0.05, 0) is 12.7 Å². The molecule has 1 aromatic rings. The van der Waals surface area contributed by atoms with E-state index >= 15 is 0 Å². The van der Waals surface area contributed by atoms with Gasteiger partial charge in [0.25, 0.3) is 0 Å². The Labute approximate surface area is 95.4 Å². The summed E-state index contributed by atoms with van der Waals surface area (Å²) in [4.78, 5) is 11.2. The normalized spacial score (nSPS) is 12.5. The smallest absolute Gasteiger partial charge is 0.243 e. The summed E-state index contributed by atoms with van der Waals surface area (Å²) in [6.45, 7) is 3.64. The van der Waals surface area contributed by atoms with Gasteiger partial charge >= 0.3 is 0 Å². The number of aromatic nitrogens is 2. The maximum Gasteiger partial charge on any atom is 0.243 e. The Kier molecular flexibility index (Phi) is 4.64. The number of hydrogen-bond acceptors (Lipinski definition) is 5. The third-order valence-electron chi connectivity index (χ3n) is 1.27. The van der Waals surface area contributed by atoms with Gasteiger partial charge in [-0.15, -0.1) is 21.8 Å². The molecule has 0 saturated heterocycles. The van der Waals surface area contributed by atoms with Crippen LogP contribution < -0.4 is 5.32 Å². The quantitative estimate of drug-likeness (QED) is 0.507. The molecule has 0 aliphatic rings. The van der Waals surface area contributed by atoms with E-state index in [1.165, 1.54) is 11.3 Å². The van der Waals surface area contributed by atoms with Gasteiger partial charge in [-0.2, -0.15) is 0 Å². The molecule has 0 radical (unpaired) electrons. The van der Waals surface area contributed by atoms with Crippen LogP contribution in [0.2, 0.25) is 0 Å². The van der Waals surface area contributed by atoms with E-state index in [0.717, 1.165) is 10.1 Å². The van der Waals surface area contributed by atoms with Crippen LogP contribution in [0, 0.1) is 0 Å². The van der Waals surface area contributed by atoms with E-state index in [-0.39, 0.29) is 5.91 Å². The molecule has 7 heteroatoms. The molecule has 0 fully saturated rings. The molecule has 0 aliphatic heterocycles. The average molecular weight is 252 g/mol. The molecular formula is C7H10ClN3OS2. The van der Waals surface area contributed by atoms with E-state index in [1.807, 2.05) is 6.92 Å². The van der Waals surface area contributed by atoms with Crippen molar-refractivity contribution in [3.63, 3.8) is 0 Å². The van der Waals surface area contributed by atoms with Crippen LogP contribution in [-0.2, 0) is 4.79 Å². The molecule has 0 aromatic carbocycles. The highest BCUT2D eigenvalue weighted by molar-refractivity contribution is 8.01.